The molecule has 3 heteroatoms. The molecule has 0 spiro atoms. The number of hydrogen-bond donors (Lipinski definition) is 1. The number of hydrogen-bond acceptors (Lipinski definition) is 3. The van der Waals surface area contributed by atoms with E-state index in [-0.39, 0.29) is 17.1 Å². The Kier molecular flexibility index (Phi) is 3.85. The van der Waals surface area contributed by atoms with E-state index in [1.165, 1.54) is 0 Å². The first-order chi connectivity index (χ1) is 10.9. The van der Waals surface area contributed by atoms with Gasteiger partial charge in [-0.05, 0) is 30.7 Å². The van der Waals surface area contributed by atoms with Gasteiger partial charge in [0.1, 0.15) is 0 Å². The fourth-order valence-electron chi connectivity index (χ4n) is 3.77. The Morgan fingerprint density at radius 3 is 2.61 bits per heavy atom. The summed E-state index contributed by atoms with van der Waals surface area (Å²) in [6.45, 7) is 6.19. The molecule has 0 radical (unpaired) electrons. The average Bonchev–Trinajstić information content (AvgIpc) is 2.46. The molecule has 1 aliphatic heterocycles. The Morgan fingerprint density at radius 2 is 1.96 bits per heavy atom. The lowest BCUT2D eigenvalue weighted by Crippen LogP contribution is -2.38. The Bertz CT molecular complexity index is 748. The molecule has 1 atom stereocenters. The second kappa shape index (κ2) is 5.70. The molecule has 0 aromatic heterocycles. The standard InChI is InChI=1S/C20H22N2O/c1-13-16(12-21)15(9-14-7-5-4-6-8-14)19-17(22-13)10-20(2,3)11-18(19)23/h4-8,15,22H,9-11H2,1-3H3/t15-/m0/s1. The third-order valence-electron chi connectivity index (χ3n) is 4.76. The van der Waals surface area contributed by atoms with Crippen LogP contribution >= 0.6 is 0 Å². The highest BCUT2D eigenvalue weighted by molar-refractivity contribution is 5.99. The Hall–Kier alpha value is -2.34. The lowest BCUT2D eigenvalue weighted by atomic mass is 9.69. The number of Topliss-reactive ketones (excluding diaryl/α,β-unsaturated/α-hetero) is 1. The molecule has 23 heavy (non-hydrogen) atoms. The molecular formula is C20H22N2O. The number of benzene rings is 1. The maximum absolute atomic E-state index is 12.8. The highest BCUT2D eigenvalue weighted by atomic mass is 16.1. The van der Waals surface area contributed by atoms with Crippen LogP contribution in [-0.2, 0) is 11.2 Å². The maximum Gasteiger partial charge on any atom is 0.161 e. The van der Waals surface area contributed by atoms with Crippen LogP contribution in [0.25, 0.3) is 0 Å². The van der Waals surface area contributed by atoms with Crippen LogP contribution in [-0.4, -0.2) is 5.78 Å². The van der Waals surface area contributed by atoms with Gasteiger partial charge in [-0.25, -0.2) is 0 Å². The molecule has 0 fully saturated rings. The van der Waals surface area contributed by atoms with Gasteiger partial charge in [-0.3, -0.25) is 4.79 Å². The van der Waals surface area contributed by atoms with Gasteiger partial charge in [-0.2, -0.15) is 5.26 Å². The highest BCUT2D eigenvalue weighted by Crippen LogP contribution is 2.43. The van der Waals surface area contributed by atoms with Gasteiger partial charge in [0.15, 0.2) is 5.78 Å². The van der Waals surface area contributed by atoms with E-state index in [1.54, 1.807) is 0 Å². The fourth-order valence-corrected chi connectivity index (χ4v) is 3.77. The molecule has 2 aliphatic rings. The minimum atomic E-state index is -0.123. The minimum absolute atomic E-state index is 0.0232. The fraction of sp³-hybridized carbons (Fsp3) is 0.400. The normalized spacial score (nSPS) is 23.2. The predicted octanol–water partition coefficient (Wildman–Crippen LogP) is 3.89. The van der Waals surface area contributed by atoms with E-state index in [0.717, 1.165) is 29.0 Å². The summed E-state index contributed by atoms with van der Waals surface area (Å²) in [7, 11) is 0. The first-order valence-corrected chi connectivity index (χ1v) is 8.09. The molecule has 1 N–H and O–H groups in total. The smallest absolute Gasteiger partial charge is 0.161 e. The van der Waals surface area contributed by atoms with Gasteiger partial charge in [-0.15, -0.1) is 0 Å². The third kappa shape index (κ3) is 2.94. The van der Waals surface area contributed by atoms with Crippen LogP contribution in [0.4, 0.5) is 0 Å². The number of nitrogens with one attached hydrogen (secondary N) is 1. The quantitative estimate of drug-likeness (QED) is 0.902. The van der Waals surface area contributed by atoms with E-state index in [2.05, 4.69) is 37.4 Å². The van der Waals surface area contributed by atoms with Crippen LogP contribution in [0.2, 0.25) is 0 Å². The van der Waals surface area contributed by atoms with Crippen molar-refractivity contribution >= 4 is 5.78 Å². The monoisotopic (exact) mass is 306 g/mol. The zero-order chi connectivity index (χ0) is 16.6. The minimum Gasteiger partial charge on any atom is -0.361 e. The average molecular weight is 306 g/mol. The number of dihydropyridines is 1. The zero-order valence-electron chi connectivity index (χ0n) is 13.9. The number of carbonyl (C=O) groups excluding carboxylic acids is 1. The topological polar surface area (TPSA) is 52.9 Å². The molecule has 1 aliphatic carbocycles. The van der Waals surface area contributed by atoms with Gasteiger partial charge in [0.25, 0.3) is 0 Å². The number of carbonyl (C=O) groups is 1. The molecule has 0 saturated heterocycles. The summed E-state index contributed by atoms with van der Waals surface area (Å²) in [5.41, 5.74) is 4.56. The van der Waals surface area contributed by atoms with Crippen molar-refractivity contribution in [1.29, 1.82) is 5.26 Å². The number of nitrogens with zero attached hydrogens (tertiary/aromatic N) is 1. The second-order valence-electron chi connectivity index (χ2n) is 7.35. The van der Waals surface area contributed by atoms with E-state index >= 15 is 0 Å². The van der Waals surface area contributed by atoms with E-state index in [1.807, 2.05) is 25.1 Å². The number of rotatable bonds is 2. The SMILES string of the molecule is CC1=C(C#N)[C@H](Cc2ccccc2)C2=C(CC(C)(C)CC2=O)N1. The van der Waals surface area contributed by atoms with Gasteiger partial charge >= 0.3 is 0 Å². The largest absolute Gasteiger partial charge is 0.361 e. The summed E-state index contributed by atoms with van der Waals surface area (Å²) in [5.74, 6) is 0.0622. The summed E-state index contributed by atoms with van der Waals surface area (Å²) >= 11 is 0. The lowest BCUT2D eigenvalue weighted by Gasteiger charge is -2.38. The summed E-state index contributed by atoms with van der Waals surface area (Å²) in [6.07, 6.45) is 2.11. The van der Waals surface area contributed by atoms with Crippen LogP contribution in [0.5, 0.6) is 0 Å². The molecule has 1 heterocycles. The van der Waals surface area contributed by atoms with Gasteiger partial charge < -0.3 is 5.32 Å². The molecular weight excluding hydrogens is 284 g/mol. The summed E-state index contributed by atoms with van der Waals surface area (Å²) in [4.78, 5) is 12.8. The first-order valence-electron chi connectivity index (χ1n) is 8.09. The van der Waals surface area contributed by atoms with Gasteiger partial charge in [0.05, 0.1) is 11.6 Å². The number of ketones is 1. The van der Waals surface area contributed by atoms with Crippen molar-refractivity contribution in [3.05, 3.63) is 58.4 Å². The van der Waals surface area contributed by atoms with Crippen molar-refractivity contribution in [2.24, 2.45) is 11.3 Å². The van der Waals surface area contributed by atoms with Gasteiger partial charge in [0, 0.05) is 29.3 Å². The lowest BCUT2D eigenvalue weighted by molar-refractivity contribution is -0.118. The van der Waals surface area contributed by atoms with Crippen LogP contribution in [0, 0.1) is 22.7 Å². The first kappa shape index (κ1) is 15.6. The van der Waals surface area contributed by atoms with Crippen molar-refractivity contribution in [3.8, 4) is 6.07 Å². The Balaban J connectivity index is 2.04. The second-order valence-corrected chi connectivity index (χ2v) is 7.35. The van der Waals surface area contributed by atoms with E-state index in [0.29, 0.717) is 18.4 Å². The van der Waals surface area contributed by atoms with Crippen LogP contribution < -0.4 is 5.32 Å². The number of nitriles is 1. The van der Waals surface area contributed by atoms with Crippen LogP contribution in [0.3, 0.4) is 0 Å². The van der Waals surface area contributed by atoms with Crippen LogP contribution in [0.15, 0.2) is 52.9 Å². The maximum atomic E-state index is 12.8. The summed E-state index contributed by atoms with van der Waals surface area (Å²) in [5, 5.41) is 12.9. The molecule has 0 saturated carbocycles. The molecule has 0 amide bonds. The zero-order valence-corrected chi connectivity index (χ0v) is 13.9. The van der Waals surface area contributed by atoms with E-state index in [9.17, 15) is 10.1 Å². The summed E-state index contributed by atoms with van der Waals surface area (Å²) < 4.78 is 0. The van der Waals surface area contributed by atoms with Crippen molar-refractivity contribution in [2.75, 3.05) is 0 Å². The third-order valence-corrected chi connectivity index (χ3v) is 4.76. The molecule has 1 aromatic rings. The Labute approximate surface area is 137 Å². The molecule has 0 bridgehead atoms. The van der Waals surface area contributed by atoms with Crippen LogP contribution in [0.1, 0.15) is 39.2 Å². The van der Waals surface area contributed by atoms with E-state index < -0.39 is 0 Å². The highest BCUT2D eigenvalue weighted by Gasteiger charge is 2.40. The molecule has 1 aromatic carbocycles. The Morgan fingerprint density at radius 1 is 1.26 bits per heavy atom. The van der Waals surface area contributed by atoms with Gasteiger partial charge in [-0.1, -0.05) is 44.2 Å². The molecule has 0 unspecified atom stereocenters. The van der Waals surface area contributed by atoms with Crippen molar-refractivity contribution in [2.45, 2.75) is 40.0 Å². The summed E-state index contributed by atoms with van der Waals surface area (Å²) in [6, 6.07) is 12.4. The van der Waals surface area contributed by atoms with E-state index in [4.69, 9.17) is 0 Å². The van der Waals surface area contributed by atoms with Crippen molar-refractivity contribution < 1.29 is 4.79 Å². The molecule has 118 valence electrons. The molecule has 3 nitrogen and oxygen atoms in total. The number of allylic oxidation sites excluding steroid dienone is 4. The molecule has 3 rings (SSSR count). The van der Waals surface area contributed by atoms with Crippen molar-refractivity contribution in [3.63, 3.8) is 0 Å². The van der Waals surface area contributed by atoms with Gasteiger partial charge in [0.2, 0.25) is 0 Å². The predicted molar refractivity (Wildman–Crippen MR) is 90.1 cm³/mol. The van der Waals surface area contributed by atoms with Crippen molar-refractivity contribution in [1.82, 2.24) is 5.32 Å².